The number of benzene rings is 1. The van der Waals surface area contributed by atoms with Crippen molar-refractivity contribution >= 4 is 24.0 Å². The number of ether oxygens (including phenoxy) is 4. The molecule has 0 aromatic heterocycles. The van der Waals surface area contributed by atoms with Crippen LogP contribution in [0.5, 0.6) is 11.5 Å². The van der Waals surface area contributed by atoms with Crippen LogP contribution >= 0.6 is 0 Å². The van der Waals surface area contributed by atoms with Gasteiger partial charge in [-0.05, 0) is 100 Å². The van der Waals surface area contributed by atoms with Crippen molar-refractivity contribution < 1.29 is 38.1 Å². The minimum Gasteiger partial charge on any atom is -0.493 e. The largest absolute Gasteiger partial charge is 0.493 e. The molecule has 1 aromatic rings. The summed E-state index contributed by atoms with van der Waals surface area (Å²) in [5, 5.41) is 14.1. The third-order valence-electron chi connectivity index (χ3n) is 6.57. The number of alkyl carbamates (subject to hydrolysis) is 2. The second-order valence-corrected chi connectivity index (χ2v) is 14.2. The lowest BCUT2D eigenvalue weighted by Crippen LogP contribution is -2.36. The molecule has 1 rings (SSSR count). The van der Waals surface area contributed by atoms with Crippen LogP contribution in [-0.4, -0.2) is 93.6 Å². The summed E-state index contributed by atoms with van der Waals surface area (Å²) < 4.78 is 22.4. The van der Waals surface area contributed by atoms with Gasteiger partial charge in [0.1, 0.15) is 34.3 Å². The predicted molar refractivity (Wildman–Crippen MR) is 198 cm³/mol. The maximum absolute atomic E-state index is 13.2. The summed E-state index contributed by atoms with van der Waals surface area (Å²) in [5.41, 5.74) is 4.74. The Morgan fingerprint density at radius 3 is 1.53 bits per heavy atom. The molecule has 15 nitrogen and oxygen atoms in total. The monoisotopic (exact) mass is 719 g/mol. The number of hydrogen-bond acceptors (Lipinski definition) is 11. The van der Waals surface area contributed by atoms with Gasteiger partial charge in [-0.2, -0.15) is 0 Å². The lowest BCUT2D eigenvalue weighted by Gasteiger charge is -2.20. The number of likely N-dealkylation sites (N-methyl/N-ethyl adjacent to an activating group) is 1. The zero-order valence-electron chi connectivity index (χ0n) is 31.8. The van der Waals surface area contributed by atoms with Crippen LogP contribution in [0.15, 0.2) is 36.9 Å². The highest BCUT2D eigenvalue weighted by molar-refractivity contribution is 6.02. The van der Waals surface area contributed by atoms with Gasteiger partial charge in [-0.1, -0.05) is 13.2 Å². The lowest BCUT2D eigenvalue weighted by molar-refractivity contribution is 0.0530. The molecule has 0 heterocycles. The molecule has 0 aliphatic rings. The number of nitrogens with two attached hydrogens (primary N) is 1. The van der Waals surface area contributed by atoms with Gasteiger partial charge in [-0.15, -0.1) is 0 Å². The van der Waals surface area contributed by atoms with Gasteiger partial charge in [0, 0.05) is 32.2 Å². The van der Waals surface area contributed by atoms with Crippen LogP contribution in [0.4, 0.5) is 9.59 Å². The first kappa shape index (κ1) is 44.4. The molecular weight excluding hydrogens is 658 g/mol. The van der Waals surface area contributed by atoms with E-state index in [1.807, 2.05) is 19.0 Å². The van der Waals surface area contributed by atoms with Crippen molar-refractivity contribution in [2.24, 2.45) is 5.73 Å². The average molecular weight is 720 g/mol. The van der Waals surface area contributed by atoms with Gasteiger partial charge in [0.05, 0.1) is 24.3 Å². The molecule has 0 radical (unpaired) electrons. The van der Waals surface area contributed by atoms with Gasteiger partial charge >= 0.3 is 12.2 Å². The molecule has 0 unspecified atom stereocenters. The fraction of sp³-hybridized carbons (Fsp3) is 0.611. The highest BCUT2D eigenvalue weighted by Crippen LogP contribution is 2.30. The SMILES string of the molecule is C=C(NCCCCCOc1cc(OCCCCCNC(=C)NC(=O)OC(C)(C)C)c(C(=O)NCCN(C)C)cc1C(N)=O)NC(=O)OC(C)(C)C. The molecule has 0 fully saturated rings. The molecule has 51 heavy (non-hydrogen) atoms. The van der Waals surface area contributed by atoms with E-state index in [0.717, 1.165) is 25.7 Å². The van der Waals surface area contributed by atoms with E-state index < -0.39 is 35.2 Å². The minimum atomic E-state index is -0.727. The Balaban J connectivity index is 2.72. The number of carbonyl (C=O) groups is 4. The number of amides is 4. The van der Waals surface area contributed by atoms with E-state index in [-0.39, 0.29) is 22.6 Å². The first-order valence-corrected chi connectivity index (χ1v) is 17.3. The molecule has 15 heteroatoms. The van der Waals surface area contributed by atoms with Gasteiger partial charge in [-0.25, -0.2) is 9.59 Å². The first-order valence-electron chi connectivity index (χ1n) is 17.3. The Bertz CT molecular complexity index is 1320. The first-order chi connectivity index (χ1) is 23.8. The average Bonchev–Trinajstić information content (AvgIpc) is 2.97. The molecule has 0 atom stereocenters. The molecule has 7 N–H and O–H groups in total. The van der Waals surface area contributed by atoms with Gasteiger partial charge in [0.25, 0.3) is 11.8 Å². The van der Waals surface area contributed by atoms with E-state index in [2.05, 4.69) is 39.7 Å². The number of hydrogen-bond donors (Lipinski definition) is 6. The molecule has 4 amide bonds. The van der Waals surface area contributed by atoms with Gasteiger partial charge in [0.15, 0.2) is 0 Å². The van der Waals surface area contributed by atoms with E-state index in [4.69, 9.17) is 24.7 Å². The summed E-state index contributed by atoms with van der Waals surface area (Å²) in [6.07, 6.45) is 3.31. The highest BCUT2D eigenvalue weighted by Gasteiger charge is 2.21. The van der Waals surface area contributed by atoms with Gasteiger partial charge in [-0.3, -0.25) is 20.2 Å². The standard InChI is InChI=1S/C36H61N7O8/c1-25(41-33(46)50-35(3,4)5)38-17-13-11-15-21-48-29-24-30(28(23-27(29)31(37)44)32(45)40-19-20-43(9)10)49-22-16-12-14-18-39-26(2)42-34(47)51-36(6,7)8/h23-24,38-39H,1-2,11-22H2,3-10H3,(H2,37,44)(H,40,45)(H,41,46)(H,42,47). The predicted octanol–water partition coefficient (Wildman–Crippen LogP) is 4.35. The van der Waals surface area contributed by atoms with Crippen molar-refractivity contribution in [1.29, 1.82) is 0 Å². The number of nitrogens with zero attached hydrogens (tertiary/aromatic N) is 1. The van der Waals surface area contributed by atoms with Crippen LogP contribution in [0.1, 0.15) is 101 Å². The van der Waals surface area contributed by atoms with E-state index in [0.29, 0.717) is 63.9 Å². The Labute approximate surface area is 303 Å². The number of carbonyl (C=O) groups excluding carboxylic acids is 4. The maximum Gasteiger partial charge on any atom is 0.413 e. The molecule has 0 bridgehead atoms. The van der Waals surface area contributed by atoms with E-state index >= 15 is 0 Å². The van der Waals surface area contributed by atoms with Crippen molar-refractivity contribution in [3.8, 4) is 11.5 Å². The summed E-state index contributed by atoms with van der Waals surface area (Å²) >= 11 is 0. The topological polar surface area (TPSA) is 195 Å². The fourth-order valence-corrected chi connectivity index (χ4v) is 4.25. The van der Waals surface area contributed by atoms with Crippen LogP contribution in [0.25, 0.3) is 0 Å². The molecule has 0 saturated carbocycles. The highest BCUT2D eigenvalue weighted by atomic mass is 16.6. The Morgan fingerprint density at radius 1 is 0.667 bits per heavy atom. The van der Waals surface area contributed by atoms with Gasteiger partial charge in [0.2, 0.25) is 0 Å². The molecule has 0 aliphatic carbocycles. The van der Waals surface area contributed by atoms with Crippen molar-refractivity contribution in [3.63, 3.8) is 0 Å². The normalized spacial score (nSPS) is 11.2. The molecule has 0 spiro atoms. The smallest absolute Gasteiger partial charge is 0.413 e. The summed E-state index contributed by atoms with van der Waals surface area (Å²) in [5.74, 6) is 0.0923. The van der Waals surface area contributed by atoms with Crippen molar-refractivity contribution in [2.75, 3.05) is 53.5 Å². The third kappa shape index (κ3) is 21.2. The summed E-state index contributed by atoms with van der Waals surface area (Å²) in [6, 6.07) is 2.96. The summed E-state index contributed by atoms with van der Waals surface area (Å²) in [6.45, 7) is 21.0. The molecule has 0 aliphatic heterocycles. The molecular formula is C36H61N7O8. The van der Waals surface area contributed by atoms with Crippen LogP contribution in [0.3, 0.4) is 0 Å². The van der Waals surface area contributed by atoms with Crippen molar-refractivity contribution in [3.05, 3.63) is 48.1 Å². The van der Waals surface area contributed by atoms with E-state index in [1.54, 1.807) is 47.6 Å². The Kier molecular flexibility index (Phi) is 19.3. The molecule has 1 aromatic carbocycles. The number of nitrogens with one attached hydrogen (secondary N) is 5. The quantitative estimate of drug-likeness (QED) is 0.0881. The van der Waals surface area contributed by atoms with Crippen LogP contribution in [0, 0.1) is 0 Å². The molecule has 288 valence electrons. The zero-order chi connectivity index (χ0) is 38.6. The summed E-state index contributed by atoms with van der Waals surface area (Å²) in [7, 11) is 3.80. The number of rotatable bonds is 23. The van der Waals surface area contributed by atoms with Gasteiger partial charge < -0.3 is 45.5 Å². The molecule has 0 saturated heterocycles. The second-order valence-electron chi connectivity index (χ2n) is 14.2. The zero-order valence-corrected chi connectivity index (χ0v) is 31.8. The van der Waals surface area contributed by atoms with E-state index in [1.165, 1.54) is 6.07 Å². The second kappa shape index (κ2) is 22.2. The Hall–Kier alpha value is -4.66. The van der Waals surface area contributed by atoms with Crippen LogP contribution in [0.2, 0.25) is 0 Å². The fourth-order valence-electron chi connectivity index (χ4n) is 4.25. The number of primary amides is 1. The van der Waals surface area contributed by atoms with E-state index in [9.17, 15) is 19.2 Å². The number of unbranched alkanes of at least 4 members (excludes halogenated alkanes) is 4. The van der Waals surface area contributed by atoms with Crippen LogP contribution in [-0.2, 0) is 9.47 Å². The Morgan fingerprint density at radius 2 is 1.12 bits per heavy atom. The maximum atomic E-state index is 13.2. The van der Waals surface area contributed by atoms with Crippen molar-refractivity contribution in [2.45, 2.75) is 91.3 Å². The third-order valence-corrected chi connectivity index (χ3v) is 6.57. The minimum absolute atomic E-state index is 0.0811. The van der Waals surface area contributed by atoms with Crippen LogP contribution < -0.4 is 41.8 Å². The summed E-state index contributed by atoms with van der Waals surface area (Å²) in [4.78, 5) is 51.2. The lowest BCUT2D eigenvalue weighted by atomic mass is 10.1. The van der Waals surface area contributed by atoms with Crippen molar-refractivity contribution in [1.82, 2.24) is 31.5 Å².